The van der Waals surface area contributed by atoms with Gasteiger partial charge in [0, 0.05) is 10.9 Å². The van der Waals surface area contributed by atoms with E-state index in [1.54, 1.807) is 0 Å². The molecule has 1 rings (SSSR count). The highest BCUT2D eigenvalue weighted by molar-refractivity contribution is 7.80. The van der Waals surface area contributed by atoms with E-state index in [4.69, 9.17) is 23.2 Å². The lowest BCUT2D eigenvalue weighted by molar-refractivity contribution is -0.385. The van der Waals surface area contributed by atoms with Crippen molar-refractivity contribution >= 4 is 40.3 Å². The van der Waals surface area contributed by atoms with E-state index in [9.17, 15) is 10.1 Å². The highest BCUT2D eigenvalue weighted by Crippen LogP contribution is 2.30. The zero-order valence-corrected chi connectivity index (χ0v) is 10.6. The zero-order chi connectivity index (χ0) is 13.0. The Morgan fingerprint density at radius 3 is 2.82 bits per heavy atom. The fourth-order valence-electron chi connectivity index (χ4n) is 1.22. The number of nitriles is 1. The van der Waals surface area contributed by atoms with Gasteiger partial charge in [-0.1, -0.05) is 19.1 Å². The first-order valence-electron chi connectivity index (χ1n) is 4.68. The molecule has 0 aliphatic heterocycles. The van der Waals surface area contributed by atoms with Crippen molar-refractivity contribution in [3.63, 3.8) is 0 Å². The van der Waals surface area contributed by atoms with Gasteiger partial charge in [-0.3, -0.25) is 10.1 Å². The van der Waals surface area contributed by atoms with E-state index in [1.165, 1.54) is 23.5 Å². The van der Waals surface area contributed by atoms with E-state index in [0.717, 1.165) is 0 Å². The number of hydrogen-bond donors (Lipinski definition) is 1. The topological polar surface area (TPSA) is 93.0 Å². The molecule has 0 aliphatic carbocycles. The average Bonchev–Trinajstić information content (AvgIpc) is 2.68. The van der Waals surface area contributed by atoms with Gasteiger partial charge in [0.2, 0.25) is 0 Å². The molecule has 88 valence electrons. The minimum atomic E-state index is -0.431. The van der Waals surface area contributed by atoms with Crippen LogP contribution in [0.15, 0.2) is 11.6 Å². The number of nitrogens with two attached hydrogens (primary N) is 1. The molecular formula is C10H9N3O2S2. The van der Waals surface area contributed by atoms with Crippen molar-refractivity contribution in [1.82, 2.24) is 0 Å². The SMILES string of the molecule is CCc1sc(C=C(C#N)C(N)=S)cc1[N+](=O)[O-]. The normalized spacial score (nSPS) is 10.9. The molecule has 1 heterocycles. The van der Waals surface area contributed by atoms with Crippen LogP contribution in [0.1, 0.15) is 16.7 Å². The molecule has 0 saturated carbocycles. The van der Waals surface area contributed by atoms with Gasteiger partial charge in [-0.15, -0.1) is 11.3 Å². The number of nitro groups is 1. The summed E-state index contributed by atoms with van der Waals surface area (Å²) < 4.78 is 0. The number of aryl methyl sites for hydroxylation is 1. The van der Waals surface area contributed by atoms with E-state index >= 15 is 0 Å². The lowest BCUT2D eigenvalue weighted by Gasteiger charge is -1.91. The van der Waals surface area contributed by atoms with Crippen LogP contribution in [0.4, 0.5) is 5.69 Å². The first kappa shape index (κ1) is 13.3. The fourth-order valence-corrected chi connectivity index (χ4v) is 2.34. The Bertz CT molecular complexity index is 540. The van der Waals surface area contributed by atoms with Crippen LogP contribution >= 0.6 is 23.6 Å². The molecule has 0 radical (unpaired) electrons. The molecule has 0 spiro atoms. The summed E-state index contributed by atoms with van der Waals surface area (Å²) in [4.78, 5) is 11.6. The molecule has 2 N–H and O–H groups in total. The van der Waals surface area contributed by atoms with Gasteiger partial charge in [0.1, 0.15) is 11.1 Å². The molecule has 0 atom stereocenters. The van der Waals surface area contributed by atoms with Crippen LogP contribution < -0.4 is 5.73 Å². The molecule has 17 heavy (non-hydrogen) atoms. The van der Waals surface area contributed by atoms with Crippen molar-refractivity contribution in [3.8, 4) is 6.07 Å². The molecule has 5 nitrogen and oxygen atoms in total. The lowest BCUT2D eigenvalue weighted by atomic mass is 10.2. The molecule has 0 fully saturated rings. The third-order valence-electron chi connectivity index (χ3n) is 2.00. The Morgan fingerprint density at radius 1 is 1.82 bits per heavy atom. The van der Waals surface area contributed by atoms with E-state index in [-0.39, 0.29) is 16.2 Å². The predicted octanol–water partition coefficient (Wildman–Crippen LogP) is 2.41. The fraction of sp³-hybridized carbons (Fsp3) is 0.200. The van der Waals surface area contributed by atoms with Crippen molar-refractivity contribution in [2.75, 3.05) is 0 Å². The first-order valence-corrected chi connectivity index (χ1v) is 5.90. The summed E-state index contributed by atoms with van der Waals surface area (Å²) >= 11 is 5.96. The van der Waals surface area contributed by atoms with Crippen LogP contribution in [0.3, 0.4) is 0 Å². The molecule has 0 bridgehead atoms. The zero-order valence-electron chi connectivity index (χ0n) is 8.97. The molecule has 0 unspecified atom stereocenters. The third-order valence-corrected chi connectivity index (χ3v) is 3.43. The first-order chi connectivity index (χ1) is 7.99. The van der Waals surface area contributed by atoms with Crippen LogP contribution in [0.2, 0.25) is 0 Å². The minimum Gasteiger partial charge on any atom is -0.389 e. The maximum atomic E-state index is 10.8. The van der Waals surface area contributed by atoms with Crippen molar-refractivity contribution in [2.24, 2.45) is 5.73 Å². The van der Waals surface area contributed by atoms with Gasteiger partial charge in [-0.05, 0) is 12.5 Å². The standard InChI is InChI=1S/C10H9N3O2S2/c1-2-9-8(13(14)15)4-7(17-9)3-6(5-11)10(12)16/h3-4H,2H2,1H3,(H2,12,16). The van der Waals surface area contributed by atoms with Crippen molar-refractivity contribution in [1.29, 1.82) is 5.26 Å². The minimum absolute atomic E-state index is 0.0124. The molecule has 1 aromatic rings. The summed E-state index contributed by atoms with van der Waals surface area (Å²) in [7, 11) is 0. The summed E-state index contributed by atoms with van der Waals surface area (Å²) in [5, 5.41) is 19.5. The maximum Gasteiger partial charge on any atom is 0.283 e. The van der Waals surface area contributed by atoms with Gasteiger partial charge in [-0.2, -0.15) is 5.26 Å². The Kier molecular flexibility index (Phi) is 4.31. The van der Waals surface area contributed by atoms with Crippen molar-refractivity contribution < 1.29 is 4.92 Å². The van der Waals surface area contributed by atoms with Gasteiger partial charge >= 0.3 is 0 Å². The largest absolute Gasteiger partial charge is 0.389 e. The molecule has 0 aliphatic rings. The summed E-state index contributed by atoms with van der Waals surface area (Å²) in [6.45, 7) is 1.84. The maximum absolute atomic E-state index is 10.8. The predicted molar refractivity (Wildman–Crippen MR) is 70.7 cm³/mol. The van der Waals surface area contributed by atoms with E-state index in [2.05, 4.69) is 0 Å². The van der Waals surface area contributed by atoms with Crippen LogP contribution in [0, 0.1) is 21.4 Å². The van der Waals surface area contributed by atoms with Crippen LogP contribution in [0.5, 0.6) is 0 Å². The molecule has 1 aromatic heterocycles. The van der Waals surface area contributed by atoms with Crippen LogP contribution in [-0.4, -0.2) is 9.91 Å². The second-order valence-corrected chi connectivity index (χ2v) is 4.71. The van der Waals surface area contributed by atoms with Crippen LogP contribution in [-0.2, 0) is 6.42 Å². The number of hydrogen-bond acceptors (Lipinski definition) is 5. The van der Waals surface area contributed by atoms with Crippen LogP contribution in [0.25, 0.3) is 6.08 Å². The smallest absolute Gasteiger partial charge is 0.283 e. The Morgan fingerprint density at radius 2 is 2.47 bits per heavy atom. The molecule has 7 heteroatoms. The number of thiocarbonyl (C=S) groups is 1. The summed E-state index contributed by atoms with van der Waals surface area (Å²) in [5.74, 6) is 0. The second kappa shape index (κ2) is 5.52. The summed E-state index contributed by atoms with van der Waals surface area (Å²) in [5.41, 5.74) is 5.57. The highest BCUT2D eigenvalue weighted by Gasteiger charge is 2.16. The lowest BCUT2D eigenvalue weighted by Crippen LogP contribution is -2.09. The Labute approximate surface area is 107 Å². The Balaban J connectivity index is 3.22. The number of nitrogens with zero attached hydrogens (tertiary/aromatic N) is 2. The van der Waals surface area contributed by atoms with E-state index in [1.807, 2.05) is 13.0 Å². The molecule has 0 saturated heterocycles. The van der Waals surface area contributed by atoms with Gasteiger partial charge in [-0.25, -0.2) is 0 Å². The monoisotopic (exact) mass is 267 g/mol. The molecule has 0 aromatic carbocycles. The average molecular weight is 267 g/mol. The summed E-state index contributed by atoms with van der Waals surface area (Å²) in [6.07, 6.45) is 2.04. The van der Waals surface area contributed by atoms with Gasteiger partial charge in [0.15, 0.2) is 0 Å². The van der Waals surface area contributed by atoms with E-state index < -0.39 is 4.92 Å². The van der Waals surface area contributed by atoms with Gasteiger partial charge < -0.3 is 5.73 Å². The highest BCUT2D eigenvalue weighted by atomic mass is 32.1. The van der Waals surface area contributed by atoms with Crippen molar-refractivity contribution in [3.05, 3.63) is 31.5 Å². The van der Waals surface area contributed by atoms with E-state index in [0.29, 0.717) is 16.2 Å². The second-order valence-electron chi connectivity index (χ2n) is 3.10. The quantitative estimate of drug-likeness (QED) is 0.297. The molecule has 0 amide bonds. The Hall–Kier alpha value is -1.78. The van der Waals surface area contributed by atoms with Gasteiger partial charge in [0.05, 0.1) is 15.4 Å². The number of thiophene rings is 1. The van der Waals surface area contributed by atoms with Gasteiger partial charge in [0.25, 0.3) is 5.69 Å². The van der Waals surface area contributed by atoms with Crippen molar-refractivity contribution in [2.45, 2.75) is 13.3 Å². The summed E-state index contributed by atoms with van der Waals surface area (Å²) in [6, 6.07) is 3.29. The molecular weight excluding hydrogens is 258 g/mol. The third kappa shape index (κ3) is 3.09. The number of rotatable bonds is 4.